The van der Waals surface area contributed by atoms with Gasteiger partial charge in [0.15, 0.2) is 0 Å². The van der Waals surface area contributed by atoms with Crippen molar-refractivity contribution in [3.8, 4) is 0 Å². The van der Waals surface area contributed by atoms with Crippen LogP contribution in [0.25, 0.3) is 10.8 Å². The Morgan fingerprint density at radius 2 is 1.86 bits per heavy atom. The Balaban J connectivity index is 1.99. The lowest BCUT2D eigenvalue weighted by Crippen LogP contribution is -2.29. The molecule has 0 aliphatic carbocycles. The summed E-state index contributed by atoms with van der Waals surface area (Å²) in [6.07, 6.45) is 2.14. The minimum Gasteiger partial charge on any atom is -0.342 e. The summed E-state index contributed by atoms with van der Waals surface area (Å²) in [5, 5.41) is 12.8. The summed E-state index contributed by atoms with van der Waals surface area (Å²) in [5.74, 6) is -0.0223. The van der Waals surface area contributed by atoms with E-state index in [1.54, 1.807) is 23.1 Å². The molecule has 0 N–H and O–H groups in total. The highest BCUT2D eigenvalue weighted by molar-refractivity contribution is 5.94. The predicted octanol–water partition coefficient (Wildman–Crippen LogP) is 2.91. The van der Waals surface area contributed by atoms with Crippen LogP contribution in [-0.2, 0) is 11.2 Å². The second-order valence-electron chi connectivity index (χ2n) is 5.32. The van der Waals surface area contributed by atoms with E-state index in [2.05, 4.69) is 0 Å². The Hall–Kier alpha value is -2.43. The van der Waals surface area contributed by atoms with Crippen molar-refractivity contribution < 1.29 is 9.72 Å². The number of hydrogen-bond donors (Lipinski definition) is 0. The number of nitrogens with zero attached hydrogens (tertiary/aromatic N) is 2. The maximum atomic E-state index is 12.2. The average Bonchev–Trinajstić information content (AvgIpc) is 3.01. The summed E-state index contributed by atoms with van der Waals surface area (Å²) < 4.78 is 0. The molecule has 1 amide bonds. The first-order valence-corrected chi connectivity index (χ1v) is 7.09. The molecule has 5 nitrogen and oxygen atoms in total. The molecule has 3 rings (SSSR count). The Kier molecular flexibility index (Phi) is 3.56. The molecule has 1 aliphatic rings. The van der Waals surface area contributed by atoms with Crippen molar-refractivity contribution in [2.75, 3.05) is 13.1 Å². The highest BCUT2D eigenvalue weighted by atomic mass is 16.6. The van der Waals surface area contributed by atoms with Gasteiger partial charge in [0.25, 0.3) is 5.69 Å². The second kappa shape index (κ2) is 5.52. The number of carbonyl (C=O) groups excluding carboxylic acids is 1. The smallest absolute Gasteiger partial charge is 0.280 e. The van der Waals surface area contributed by atoms with Crippen molar-refractivity contribution in [2.24, 2.45) is 0 Å². The number of amides is 1. The van der Waals surface area contributed by atoms with E-state index >= 15 is 0 Å². The molecule has 21 heavy (non-hydrogen) atoms. The molecule has 0 radical (unpaired) electrons. The SMILES string of the molecule is O=C(Cc1ccc2ccccc2c1[N+](=O)[O-])N1CCCC1. The van der Waals surface area contributed by atoms with Gasteiger partial charge in [-0.3, -0.25) is 14.9 Å². The number of rotatable bonds is 3. The lowest BCUT2D eigenvalue weighted by atomic mass is 10.0. The van der Waals surface area contributed by atoms with Gasteiger partial charge in [-0.05, 0) is 24.3 Å². The number of nitro groups is 1. The molecule has 5 heteroatoms. The van der Waals surface area contributed by atoms with Crippen LogP contribution in [0.2, 0.25) is 0 Å². The van der Waals surface area contributed by atoms with Crippen LogP contribution in [0.15, 0.2) is 36.4 Å². The van der Waals surface area contributed by atoms with Gasteiger partial charge in [0.05, 0.1) is 16.7 Å². The maximum Gasteiger partial charge on any atom is 0.280 e. The van der Waals surface area contributed by atoms with E-state index in [1.807, 2.05) is 18.2 Å². The van der Waals surface area contributed by atoms with Crippen molar-refractivity contribution >= 4 is 22.4 Å². The average molecular weight is 284 g/mol. The zero-order valence-electron chi connectivity index (χ0n) is 11.6. The topological polar surface area (TPSA) is 63.4 Å². The van der Waals surface area contributed by atoms with Crippen LogP contribution in [0.4, 0.5) is 5.69 Å². The third kappa shape index (κ3) is 2.59. The first-order valence-electron chi connectivity index (χ1n) is 7.09. The van der Waals surface area contributed by atoms with Crippen LogP contribution in [-0.4, -0.2) is 28.8 Å². The number of fused-ring (bicyclic) bond motifs is 1. The number of carbonyl (C=O) groups is 1. The summed E-state index contributed by atoms with van der Waals surface area (Å²) >= 11 is 0. The minimum atomic E-state index is -0.380. The van der Waals surface area contributed by atoms with Gasteiger partial charge in [-0.1, -0.05) is 30.3 Å². The monoisotopic (exact) mass is 284 g/mol. The van der Waals surface area contributed by atoms with Gasteiger partial charge in [0.1, 0.15) is 0 Å². The molecule has 1 heterocycles. The zero-order chi connectivity index (χ0) is 14.8. The molecular weight excluding hydrogens is 268 g/mol. The fourth-order valence-electron chi connectivity index (χ4n) is 2.90. The number of hydrogen-bond acceptors (Lipinski definition) is 3. The van der Waals surface area contributed by atoms with Crippen molar-refractivity contribution in [2.45, 2.75) is 19.3 Å². The molecule has 0 bridgehead atoms. The molecule has 1 saturated heterocycles. The van der Waals surface area contributed by atoms with E-state index in [-0.39, 0.29) is 22.9 Å². The van der Waals surface area contributed by atoms with Gasteiger partial charge in [-0.15, -0.1) is 0 Å². The van der Waals surface area contributed by atoms with E-state index in [1.165, 1.54) is 0 Å². The van der Waals surface area contributed by atoms with Gasteiger partial charge in [-0.25, -0.2) is 0 Å². The molecule has 1 fully saturated rings. The van der Waals surface area contributed by atoms with Crippen LogP contribution < -0.4 is 0 Å². The first-order chi connectivity index (χ1) is 10.2. The van der Waals surface area contributed by atoms with E-state index in [0.29, 0.717) is 10.9 Å². The predicted molar refractivity (Wildman–Crippen MR) is 80.1 cm³/mol. The zero-order valence-corrected chi connectivity index (χ0v) is 11.6. The Labute approximate surface area is 122 Å². The molecule has 0 unspecified atom stereocenters. The van der Waals surface area contributed by atoms with E-state index in [9.17, 15) is 14.9 Å². The summed E-state index contributed by atoms with van der Waals surface area (Å²) in [4.78, 5) is 25.1. The molecule has 0 saturated carbocycles. The fourth-order valence-corrected chi connectivity index (χ4v) is 2.90. The highest BCUT2D eigenvalue weighted by Gasteiger charge is 2.24. The van der Waals surface area contributed by atoms with Crippen LogP contribution in [0, 0.1) is 10.1 Å². The summed E-state index contributed by atoms with van der Waals surface area (Å²) in [5.41, 5.74) is 0.552. The van der Waals surface area contributed by atoms with Crippen LogP contribution in [0.1, 0.15) is 18.4 Å². The van der Waals surface area contributed by atoms with Crippen molar-refractivity contribution in [1.29, 1.82) is 0 Å². The quantitative estimate of drug-likeness (QED) is 0.643. The molecule has 2 aromatic carbocycles. The fraction of sp³-hybridized carbons (Fsp3) is 0.312. The Morgan fingerprint density at radius 3 is 2.57 bits per heavy atom. The van der Waals surface area contributed by atoms with Crippen molar-refractivity contribution in [3.63, 3.8) is 0 Å². The molecule has 108 valence electrons. The largest absolute Gasteiger partial charge is 0.342 e. The van der Waals surface area contributed by atoms with E-state index in [4.69, 9.17) is 0 Å². The number of nitro benzene ring substituents is 1. The van der Waals surface area contributed by atoms with E-state index in [0.717, 1.165) is 31.3 Å². The lowest BCUT2D eigenvalue weighted by molar-refractivity contribution is -0.383. The standard InChI is InChI=1S/C16H16N2O3/c19-15(17-9-3-4-10-17)11-13-8-7-12-5-1-2-6-14(12)16(13)18(20)21/h1-2,5-8H,3-4,9-11H2. The molecular formula is C16H16N2O3. The highest BCUT2D eigenvalue weighted by Crippen LogP contribution is 2.30. The van der Waals surface area contributed by atoms with Gasteiger partial charge in [-0.2, -0.15) is 0 Å². The Morgan fingerprint density at radius 1 is 1.14 bits per heavy atom. The van der Waals surface area contributed by atoms with Crippen LogP contribution >= 0.6 is 0 Å². The third-order valence-corrected chi connectivity index (χ3v) is 3.97. The Bertz CT molecular complexity index is 706. The number of likely N-dealkylation sites (tertiary alicyclic amines) is 1. The molecule has 0 spiro atoms. The van der Waals surface area contributed by atoms with Gasteiger partial charge < -0.3 is 4.90 Å². The third-order valence-electron chi connectivity index (χ3n) is 3.97. The first kappa shape index (κ1) is 13.5. The summed E-state index contributed by atoms with van der Waals surface area (Å²) in [6.45, 7) is 1.53. The van der Waals surface area contributed by atoms with Crippen molar-refractivity contribution in [1.82, 2.24) is 4.90 Å². The van der Waals surface area contributed by atoms with Crippen LogP contribution in [0.5, 0.6) is 0 Å². The minimum absolute atomic E-state index is 0.0223. The van der Waals surface area contributed by atoms with E-state index < -0.39 is 0 Å². The molecule has 0 atom stereocenters. The summed E-state index contributed by atoms with van der Waals surface area (Å²) in [7, 11) is 0. The summed E-state index contributed by atoms with van der Waals surface area (Å²) in [6, 6.07) is 10.7. The number of benzene rings is 2. The van der Waals surface area contributed by atoms with Crippen molar-refractivity contribution in [3.05, 3.63) is 52.1 Å². The van der Waals surface area contributed by atoms with Gasteiger partial charge in [0.2, 0.25) is 5.91 Å². The second-order valence-corrected chi connectivity index (χ2v) is 5.32. The van der Waals surface area contributed by atoms with Crippen LogP contribution in [0.3, 0.4) is 0 Å². The normalized spacial score (nSPS) is 14.6. The molecule has 0 aromatic heterocycles. The maximum absolute atomic E-state index is 12.2. The molecule has 1 aliphatic heterocycles. The van der Waals surface area contributed by atoms with Gasteiger partial charge in [0, 0.05) is 18.7 Å². The van der Waals surface area contributed by atoms with Gasteiger partial charge >= 0.3 is 0 Å². The molecule has 2 aromatic rings. The lowest BCUT2D eigenvalue weighted by Gasteiger charge is -2.15.